The molecule has 36 heavy (non-hydrogen) atoms. The summed E-state index contributed by atoms with van der Waals surface area (Å²) in [7, 11) is 0. The summed E-state index contributed by atoms with van der Waals surface area (Å²) in [4.78, 5) is 13.8. The first kappa shape index (κ1) is 32.6. The number of benzene rings is 1. The van der Waals surface area contributed by atoms with Gasteiger partial charge in [-0.1, -0.05) is 108 Å². The SMILES string of the molecule is CC(C)(CCCCCCCCC(O)CO)CC(C)(C)C(=O)c1cc(C(C)(C)C)c(O)c(C(C)(C)C)c1. The summed E-state index contributed by atoms with van der Waals surface area (Å²) < 4.78 is 0. The molecule has 4 nitrogen and oxygen atoms in total. The normalized spacial score (nSPS) is 14.2. The Kier molecular flexibility index (Phi) is 11.7. The number of unbranched alkanes of at least 4 members (excludes halogenated alkanes) is 5. The summed E-state index contributed by atoms with van der Waals surface area (Å²) in [5, 5.41) is 29.3. The smallest absolute Gasteiger partial charge is 0.168 e. The van der Waals surface area contributed by atoms with Crippen LogP contribution < -0.4 is 0 Å². The second-order valence-electron chi connectivity index (χ2n) is 14.5. The summed E-state index contributed by atoms with van der Waals surface area (Å²) in [6, 6.07) is 3.84. The molecule has 0 saturated carbocycles. The maximum absolute atomic E-state index is 13.8. The zero-order valence-corrected chi connectivity index (χ0v) is 25.1. The number of aliphatic hydroxyl groups is 2. The van der Waals surface area contributed by atoms with E-state index in [2.05, 4.69) is 69.2 Å². The maximum Gasteiger partial charge on any atom is 0.168 e. The van der Waals surface area contributed by atoms with E-state index in [1.54, 1.807) is 0 Å². The van der Waals surface area contributed by atoms with Crippen molar-refractivity contribution in [3.05, 3.63) is 28.8 Å². The van der Waals surface area contributed by atoms with E-state index in [0.29, 0.717) is 17.7 Å². The number of aliphatic hydroxyl groups excluding tert-OH is 2. The van der Waals surface area contributed by atoms with Crippen LogP contribution in [0.1, 0.15) is 149 Å². The Hall–Kier alpha value is -1.39. The lowest BCUT2D eigenvalue weighted by Crippen LogP contribution is -2.31. The van der Waals surface area contributed by atoms with Crippen LogP contribution in [0.25, 0.3) is 0 Å². The number of phenols is 1. The number of hydrogen-bond donors (Lipinski definition) is 3. The molecule has 1 aromatic rings. The van der Waals surface area contributed by atoms with Gasteiger partial charge in [0.1, 0.15) is 5.75 Å². The lowest BCUT2D eigenvalue weighted by atomic mass is 9.68. The molecule has 0 heterocycles. The minimum Gasteiger partial charge on any atom is -0.507 e. The quantitative estimate of drug-likeness (QED) is 0.177. The summed E-state index contributed by atoms with van der Waals surface area (Å²) in [5.74, 6) is 0.464. The lowest BCUT2D eigenvalue weighted by molar-refractivity contribution is 0.0748. The molecule has 0 fully saturated rings. The van der Waals surface area contributed by atoms with Gasteiger partial charge in [-0.15, -0.1) is 0 Å². The highest BCUT2D eigenvalue weighted by molar-refractivity contribution is 6.00. The van der Waals surface area contributed by atoms with Gasteiger partial charge < -0.3 is 15.3 Å². The highest BCUT2D eigenvalue weighted by Crippen LogP contribution is 2.43. The molecule has 0 spiro atoms. The van der Waals surface area contributed by atoms with Crippen molar-refractivity contribution in [3.8, 4) is 5.75 Å². The number of ketones is 1. The van der Waals surface area contributed by atoms with Crippen molar-refractivity contribution >= 4 is 5.78 Å². The van der Waals surface area contributed by atoms with Gasteiger partial charge in [-0.2, -0.15) is 0 Å². The molecule has 0 aliphatic carbocycles. The number of Topliss-reactive ketones (excluding diaryl/α,β-unsaturated/α-hetero) is 1. The minimum absolute atomic E-state index is 0.0566. The first-order valence-corrected chi connectivity index (χ1v) is 14.0. The van der Waals surface area contributed by atoms with E-state index in [1.807, 2.05) is 12.1 Å². The zero-order chi connectivity index (χ0) is 27.9. The van der Waals surface area contributed by atoms with Crippen LogP contribution in [0.3, 0.4) is 0 Å². The summed E-state index contributed by atoms with van der Waals surface area (Å²) in [6.45, 7) is 21.0. The molecule has 208 valence electrons. The van der Waals surface area contributed by atoms with Crippen molar-refractivity contribution in [2.24, 2.45) is 10.8 Å². The Balaban J connectivity index is 2.84. The fraction of sp³-hybridized carbons (Fsp3) is 0.781. The van der Waals surface area contributed by atoms with Crippen molar-refractivity contribution < 1.29 is 20.1 Å². The fourth-order valence-electron chi connectivity index (χ4n) is 5.45. The van der Waals surface area contributed by atoms with E-state index in [-0.39, 0.29) is 28.6 Å². The van der Waals surface area contributed by atoms with Crippen LogP contribution in [-0.4, -0.2) is 33.8 Å². The van der Waals surface area contributed by atoms with Gasteiger partial charge in [0.2, 0.25) is 0 Å². The van der Waals surface area contributed by atoms with E-state index in [0.717, 1.165) is 49.7 Å². The van der Waals surface area contributed by atoms with Crippen LogP contribution in [-0.2, 0) is 10.8 Å². The third-order valence-electron chi connectivity index (χ3n) is 7.37. The van der Waals surface area contributed by atoms with E-state index in [9.17, 15) is 15.0 Å². The van der Waals surface area contributed by atoms with Crippen LogP contribution in [0.15, 0.2) is 12.1 Å². The van der Waals surface area contributed by atoms with Crippen molar-refractivity contribution in [1.29, 1.82) is 0 Å². The summed E-state index contributed by atoms with van der Waals surface area (Å²) in [5.41, 5.74) is 1.40. The third-order valence-corrected chi connectivity index (χ3v) is 7.37. The molecule has 1 rings (SSSR count). The molecule has 0 amide bonds. The van der Waals surface area contributed by atoms with E-state index in [1.165, 1.54) is 12.8 Å². The van der Waals surface area contributed by atoms with Crippen LogP contribution >= 0.6 is 0 Å². The fourth-order valence-corrected chi connectivity index (χ4v) is 5.45. The second-order valence-corrected chi connectivity index (χ2v) is 14.5. The van der Waals surface area contributed by atoms with Crippen molar-refractivity contribution in [2.45, 2.75) is 144 Å². The summed E-state index contributed by atoms with van der Waals surface area (Å²) in [6.07, 6.45) is 8.76. The van der Waals surface area contributed by atoms with E-state index < -0.39 is 11.5 Å². The highest BCUT2D eigenvalue weighted by Gasteiger charge is 2.37. The molecule has 4 heteroatoms. The Labute approximate surface area is 221 Å². The monoisotopic (exact) mass is 504 g/mol. The average Bonchev–Trinajstić information content (AvgIpc) is 2.72. The largest absolute Gasteiger partial charge is 0.507 e. The van der Waals surface area contributed by atoms with Crippen molar-refractivity contribution in [1.82, 2.24) is 0 Å². The third kappa shape index (κ3) is 10.2. The van der Waals surface area contributed by atoms with Crippen LogP contribution in [0.4, 0.5) is 0 Å². The van der Waals surface area contributed by atoms with Crippen LogP contribution in [0, 0.1) is 10.8 Å². The van der Waals surface area contributed by atoms with Gasteiger partial charge in [-0.05, 0) is 47.6 Å². The Morgan fingerprint density at radius 3 is 1.67 bits per heavy atom. The predicted octanol–water partition coefficient (Wildman–Crippen LogP) is 8.09. The molecule has 0 aliphatic heterocycles. The zero-order valence-electron chi connectivity index (χ0n) is 25.1. The molecule has 1 atom stereocenters. The molecule has 0 bridgehead atoms. The minimum atomic E-state index is -0.571. The van der Waals surface area contributed by atoms with Crippen LogP contribution in [0.2, 0.25) is 0 Å². The maximum atomic E-state index is 13.8. The lowest BCUT2D eigenvalue weighted by Gasteiger charge is -2.35. The molecule has 1 aromatic carbocycles. The summed E-state index contributed by atoms with van der Waals surface area (Å²) >= 11 is 0. The molecule has 3 N–H and O–H groups in total. The number of rotatable bonds is 14. The number of carbonyl (C=O) groups excluding carboxylic acids is 1. The number of aromatic hydroxyl groups is 1. The Morgan fingerprint density at radius 2 is 1.22 bits per heavy atom. The topological polar surface area (TPSA) is 77.8 Å². The van der Waals surface area contributed by atoms with Gasteiger partial charge in [0.25, 0.3) is 0 Å². The second kappa shape index (κ2) is 12.9. The van der Waals surface area contributed by atoms with E-state index >= 15 is 0 Å². The number of phenolic OH excluding ortho intramolecular Hbond substituents is 1. The first-order chi connectivity index (χ1) is 16.3. The van der Waals surface area contributed by atoms with Gasteiger partial charge in [0.15, 0.2) is 5.78 Å². The first-order valence-electron chi connectivity index (χ1n) is 14.0. The van der Waals surface area contributed by atoms with Crippen molar-refractivity contribution in [3.63, 3.8) is 0 Å². The Bertz CT molecular complexity index is 802. The Morgan fingerprint density at radius 1 is 0.778 bits per heavy atom. The molecule has 0 aromatic heterocycles. The van der Waals surface area contributed by atoms with Gasteiger partial charge in [0, 0.05) is 22.1 Å². The van der Waals surface area contributed by atoms with Gasteiger partial charge >= 0.3 is 0 Å². The number of carbonyl (C=O) groups is 1. The van der Waals surface area contributed by atoms with Gasteiger partial charge in [0.05, 0.1) is 12.7 Å². The van der Waals surface area contributed by atoms with Gasteiger partial charge in [-0.25, -0.2) is 0 Å². The molecular weight excluding hydrogens is 448 g/mol. The van der Waals surface area contributed by atoms with Crippen LogP contribution in [0.5, 0.6) is 5.75 Å². The molecule has 0 radical (unpaired) electrons. The molecular formula is C32H56O4. The number of hydrogen-bond acceptors (Lipinski definition) is 4. The molecule has 0 aliphatic rings. The average molecular weight is 505 g/mol. The molecule has 1 unspecified atom stereocenters. The van der Waals surface area contributed by atoms with Crippen molar-refractivity contribution in [2.75, 3.05) is 6.61 Å². The predicted molar refractivity (Wildman–Crippen MR) is 152 cm³/mol. The molecule has 0 saturated heterocycles. The van der Waals surface area contributed by atoms with E-state index in [4.69, 9.17) is 5.11 Å². The van der Waals surface area contributed by atoms with Gasteiger partial charge in [-0.3, -0.25) is 4.79 Å². The highest BCUT2D eigenvalue weighted by atomic mass is 16.3. The standard InChI is InChI=1S/C32H56O4/c1-29(2,3)25-19-23(20-26(27(25)35)30(4,5)6)28(36)32(9,10)22-31(7,8)18-16-14-12-11-13-15-17-24(34)21-33/h19-20,24,33-35H,11-18,21-22H2,1-10H3.